The lowest BCUT2D eigenvalue weighted by atomic mass is 10.1. The number of anilines is 2. The molecule has 1 N–H and O–H groups in total. The van der Waals surface area contributed by atoms with Crippen LogP contribution in [0.4, 0.5) is 17.1 Å². The predicted molar refractivity (Wildman–Crippen MR) is 121 cm³/mol. The van der Waals surface area contributed by atoms with Gasteiger partial charge in [0.1, 0.15) is 0 Å². The second kappa shape index (κ2) is 9.98. The monoisotopic (exact) mass is 415 g/mol. The van der Waals surface area contributed by atoms with E-state index in [1.165, 1.54) is 18.2 Å². The summed E-state index contributed by atoms with van der Waals surface area (Å²) in [6, 6.07) is 22.0. The average molecular weight is 415 g/mol. The van der Waals surface area contributed by atoms with Gasteiger partial charge < -0.3 is 10.2 Å². The van der Waals surface area contributed by atoms with Crippen molar-refractivity contribution in [1.82, 2.24) is 0 Å². The van der Waals surface area contributed by atoms with Crippen LogP contribution in [0.1, 0.15) is 22.8 Å². The van der Waals surface area contributed by atoms with Gasteiger partial charge in [0, 0.05) is 41.7 Å². The van der Waals surface area contributed by atoms with Gasteiger partial charge in [0.2, 0.25) is 5.91 Å². The highest BCUT2D eigenvalue weighted by Crippen LogP contribution is 2.18. The lowest BCUT2D eigenvalue weighted by Gasteiger charge is -2.21. The molecule has 156 valence electrons. The van der Waals surface area contributed by atoms with Gasteiger partial charge in [-0.25, -0.2) is 0 Å². The molecule has 3 aromatic carbocycles. The topological polar surface area (TPSA) is 92.6 Å². The maximum atomic E-state index is 12.8. The number of carbonyl (C=O) groups excluding carboxylic acids is 2. The average Bonchev–Trinajstić information content (AvgIpc) is 2.79. The Labute approximate surface area is 179 Å². The van der Waals surface area contributed by atoms with Crippen LogP contribution in [-0.2, 0) is 4.79 Å². The molecule has 0 aliphatic carbocycles. The van der Waals surface area contributed by atoms with E-state index >= 15 is 0 Å². The Balaban J connectivity index is 1.62. The van der Waals surface area contributed by atoms with Crippen molar-refractivity contribution in [2.24, 2.45) is 0 Å². The number of non-ortho nitro benzene ring substituents is 1. The van der Waals surface area contributed by atoms with E-state index in [-0.39, 0.29) is 17.5 Å². The zero-order chi connectivity index (χ0) is 22.2. The fourth-order valence-electron chi connectivity index (χ4n) is 2.97. The number of hydrogen-bond donors (Lipinski definition) is 1. The Morgan fingerprint density at radius 2 is 1.61 bits per heavy atom. The third-order valence-corrected chi connectivity index (χ3v) is 4.56. The summed E-state index contributed by atoms with van der Waals surface area (Å²) < 4.78 is 0. The molecule has 2 amide bonds. The highest BCUT2D eigenvalue weighted by Gasteiger charge is 2.15. The number of benzene rings is 3. The van der Waals surface area contributed by atoms with Gasteiger partial charge in [-0.1, -0.05) is 18.2 Å². The molecule has 3 aromatic rings. The molecular weight excluding hydrogens is 394 g/mol. The molecule has 0 aliphatic rings. The number of hydrogen-bond acceptors (Lipinski definition) is 4. The van der Waals surface area contributed by atoms with Crippen molar-refractivity contribution in [3.8, 4) is 0 Å². The lowest BCUT2D eigenvalue weighted by Crippen LogP contribution is -2.30. The van der Waals surface area contributed by atoms with Crippen LogP contribution in [0.2, 0.25) is 0 Å². The van der Waals surface area contributed by atoms with E-state index in [0.29, 0.717) is 23.4 Å². The molecule has 7 heteroatoms. The minimum absolute atomic E-state index is 0.00913. The predicted octanol–water partition coefficient (Wildman–Crippen LogP) is 4.91. The van der Waals surface area contributed by atoms with Gasteiger partial charge in [-0.05, 0) is 67.1 Å². The highest BCUT2D eigenvalue weighted by molar-refractivity contribution is 6.07. The number of nitrogens with one attached hydrogen (secondary N) is 1. The summed E-state index contributed by atoms with van der Waals surface area (Å²) in [6.45, 7) is 2.45. The van der Waals surface area contributed by atoms with Crippen LogP contribution in [0.15, 0.2) is 84.9 Å². The van der Waals surface area contributed by atoms with E-state index in [4.69, 9.17) is 0 Å². The van der Waals surface area contributed by atoms with Gasteiger partial charge in [-0.15, -0.1) is 0 Å². The molecule has 0 radical (unpaired) electrons. The Morgan fingerprint density at radius 1 is 0.968 bits per heavy atom. The molecule has 7 nitrogen and oxygen atoms in total. The smallest absolute Gasteiger partial charge is 0.269 e. The molecule has 0 fully saturated rings. The molecule has 0 atom stereocenters. The summed E-state index contributed by atoms with van der Waals surface area (Å²) in [6.07, 6.45) is 2.91. The number of amides is 2. The summed E-state index contributed by atoms with van der Waals surface area (Å²) in [5, 5.41) is 13.4. The van der Waals surface area contributed by atoms with Crippen molar-refractivity contribution in [2.75, 3.05) is 16.8 Å². The Hall–Kier alpha value is -4.26. The molecule has 0 unspecified atom stereocenters. The van der Waals surface area contributed by atoms with Crippen molar-refractivity contribution in [3.63, 3.8) is 0 Å². The minimum Gasteiger partial charge on any atom is -0.323 e. The highest BCUT2D eigenvalue weighted by atomic mass is 16.6. The van der Waals surface area contributed by atoms with E-state index in [9.17, 15) is 19.7 Å². The molecular formula is C24H21N3O4. The maximum Gasteiger partial charge on any atom is 0.269 e. The second-order valence-electron chi connectivity index (χ2n) is 6.63. The summed E-state index contributed by atoms with van der Waals surface area (Å²) in [7, 11) is 0. The molecule has 0 saturated heterocycles. The minimum atomic E-state index is -0.478. The normalized spacial score (nSPS) is 10.6. The molecule has 0 aliphatic heterocycles. The number of para-hydroxylation sites is 1. The zero-order valence-corrected chi connectivity index (χ0v) is 16.9. The van der Waals surface area contributed by atoms with E-state index in [1.807, 2.05) is 37.3 Å². The third-order valence-electron chi connectivity index (χ3n) is 4.56. The van der Waals surface area contributed by atoms with E-state index in [2.05, 4.69) is 5.32 Å². The summed E-state index contributed by atoms with van der Waals surface area (Å²) >= 11 is 0. The standard InChI is InChI=1S/C24H21N3O4/c1-2-26(21-6-4-3-5-7-21)24(29)19-11-13-20(14-12-19)25-23(28)17-10-18-8-15-22(16-9-18)27(30)31/h3-17H,2H2,1H3,(H,25,28)/b17-10+. The maximum absolute atomic E-state index is 12.8. The Kier molecular flexibility index (Phi) is 6.90. The molecule has 0 bridgehead atoms. The first-order chi connectivity index (χ1) is 15.0. The van der Waals surface area contributed by atoms with Crippen LogP contribution < -0.4 is 10.2 Å². The molecule has 0 saturated carbocycles. The molecule has 3 rings (SSSR count). The van der Waals surface area contributed by atoms with E-state index < -0.39 is 4.92 Å². The van der Waals surface area contributed by atoms with E-state index in [1.54, 1.807) is 47.4 Å². The number of nitrogens with zero attached hydrogens (tertiary/aromatic N) is 2. The van der Waals surface area contributed by atoms with Gasteiger partial charge in [0.05, 0.1) is 4.92 Å². The van der Waals surface area contributed by atoms with Crippen LogP contribution in [-0.4, -0.2) is 23.3 Å². The largest absolute Gasteiger partial charge is 0.323 e. The van der Waals surface area contributed by atoms with Gasteiger partial charge in [0.15, 0.2) is 0 Å². The van der Waals surface area contributed by atoms with Gasteiger partial charge in [0.25, 0.3) is 11.6 Å². The quantitative estimate of drug-likeness (QED) is 0.337. The fraction of sp³-hybridized carbons (Fsp3) is 0.0833. The fourth-order valence-corrected chi connectivity index (χ4v) is 2.97. The van der Waals surface area contributed by atoms with Crippen LogP contribution in [0.3, 0.4) is 0 Å². The lowest BCUT2D eigenvalue weighted by molar-refractivity contribution is -0.384. The van der Waals surface area contributed by atoms with Crippen LogP contribution >= 0.6 is 0 Å². The third kappa shape index (κ3) is 5.63. The Morgan fingerprint density at radius 3 is 2.19 bits per heavy atom. The molecule has 31 heavy (non-hydrogen) atoms. The van der Waals surface area contributed by atoms with Crippen LogP contribution in [0.25, 0.3) is 6.08 Å². The first-order valence-electron chi connectivity index (χ1n) is 9.68. The number of nitro benzene ring substituents is 1. The summed E-state index contributed by atoms with van der Waals surface area (Å²) in [4.78, 5) is 36.8. The van der Waals surface area contributed by atoms with Crippen molar-refractivity contribution >= 4 is 35.0 Å². The van der Waals surface area contributed by atoms with Crippen molar-refractivity contribution in [3.05, 3.63) is 106 Å². The SMILES string of the molecule is CCN(C(=O)c1ccc(NC(=O)/C=C/c2ccc([N+](=O)[O-])cc2)cc1)c1ccccc1. The van der Waals surface area contributed by atoms with Crippen molar-refractivity contribution in [1.29, 1.82) is 0 Å². The number of carbonyl (C=O) groups is 2. The van der Waals surface area contributed by atoms with E-state index in [0.717, 1.165) is 5.69 Å². The first-order valence-corrected chi connectivity index (χ1v) is 9.68. The number of nitro groups is 1. The van der Waals surface area contributed by atoms with Crippen LogP contribution in [0.5, 0.6) is 0 Å². The number of rotatable bonds is 7. The zero-order valence-electron chi connectivity index (χ0n) is 16.9. The van der Waals surface area contributed by atoms with Crippen molar-refractivity contribution in [2.45, 2.75) is 6.92 Å². The molecule has 0 heterocycles. The van der Waals surface area contributed by atoms with Gasteiger partial charge >= 0.3 is 0 Å². The molecule has 0 spiro atoms. The first kappa shape index (κ1) is 21.4. The Bertz CT molecular complexity index is 1090. The van der Waals surface area contributed by atoms with Gasteiger partial charge in [-0.3, -0.25) is 19.7 Å². The van der Waals surface area contributed by atoms with Crippen LogP contribution in [0, 0.1) is 10.1 Å². The second-order valence-corrected chi connectivity index (χ2v) is 6.63. The molecule has 0 aromatic heterocycles. The van der Waals surface area contributed by atoms with Crippen molar-refractivity contribution < 1.29 is 14.5 Å². The summed E-state index contributed by atoms with van der Waals surface area (Å²) in [5.74, 6) is -0.471. The summed E-state index contributed by atoms with van der Waals surface area (Å²) in [5.41, 5.74) is 2.55. The van der Waals surface area contributed by atoms with Gasteiger partial charge in [-0.2, -0.15) is 0 Å².